The molecule has 0 radical (unpaired) electrons. The quantitative estimate of drug-likeness (QED) is 0.688. The zero-order valence-electron chi connectivity index (χ0n) is 10.6. The molecule has 16 heavy (non-hydrogen) atoms. The molecular formula is C12H20O4. The lowest BCUT2D eigenvalue weighted by molar-refractivity contribution is -0.146. The Hall–Kier alpha value is -1.06. The monoisotopic (exact) mass is 228 g/mol. The summed E-state index contributed by atoms with van der Waals surface area (Å²) in [4.78, 5) is 22.2. The molecule has 3 unspecified atom stereocenters. The van der Waals surface area contributed by atoms with Gasteiger partial charge in [0.2, 0.25) is 0 Å². The van der Waals surface area contributed by atoms with Crippen molar-refractivity contribution in [1.29, 1.82) is 0 Å². The maximum absolute atomic E-state index is 11.5. The van der Waals surface area contributed by atoms with E-state index >= 15 is 0 Å². The van der Waals surface area contributed by atoms with Crippen LogP contribution in [-0.4, -0.2) is 25.2 Å². The molecule has 0 aromatic carbocycles. The van der Waals surface area contributed by atoms with Gasteiger partial charge in [-0.3, -0.25) is 9.59 Å². The number of hydrogen-bond acceptors (Lipinski definition) is 4. The van der Waals surface area contributed by atoms with Gasteiger partial charge in [-0.05, 0) is 24.7 Å². The summed E-state index contributed by atoms with van der Waals surface area (Å²) in [5.41, 5.74) is -0.0402. The van der Waals surface area contributed by atoms with E-state index in [0.717, 1.165) is 0 Å². The fraction of sp³-hybridized carbons (Fsp3) is 0.833. The summed E-state index contributed by atoms with van der Waals surface area (Å²) in [6, 6.07) is 0. The van der Waals surface area contributed by atoms with Gasteiger partial charge in [0, 0.05) is 6.92 Å². The highest BCUT2D eigenvalue weighted by Gasteiger charge is 2.62. The number of methoxy groups -OCH3 is 1. The molecule has 0 heterocycles. The highest BCUT2D eigenvalue weighted by molar-refractivity contribution is 5.77. The van der Waals surface area contributed by atoms with Gasteiger partial charge in [0.05, 0.1) is 19.1 Å². The first-order valence-electron chi connectivity index (χ1n) is 5.55. The molecule has 4 heteroatoms. The number of carbonyl (C=O) groups is 2. The summed E-state index contributed by atoms with van der Waals surface area (Å²) in [5.74, 6) is -0.254. The van der Waals surface area contributed by atoms with Crippen molar-refractivity contribution in [3.63, 3.8) is 0 Å². The molecule has 1 saturated carbocycles. The average molecular weight is 228 g/mol. The molecule has 1 fully saturated rings. The maximum Gasteiger partial charge on any atom is 0.309 e. The normalized spacial score (nSPS) is 28.1. The first-order valence-corrected chi connectivity index (χ1v) is 5.55. The third-order valence-electron chi connectivity index (χ3n) is 3.46. The van der Waals surface area contributed by atoms with Gasteiger partial charge in [-0.25, -0.2) is 0 Å². The topological polar surface area (TPSA) is 52.6 Å². The van der Waals surface area contributed by atoms with E-state index in [0.29, 0.717) is 6.42 Å². The third-order valence-corrected chi connectivity index (χ3v) is 3.46. The van der Waals surface area contributed by atoms with Crippen LogP contribution in [0.4, 0.5) is 0 Å². The van der Waals surface area contributed by atoms with Crippen molar-refractivity contribution < 1.29 is 19.1 Å². The van der Waals surface area contributed by atoms with Crippen LogP contribution in [0.2, 0.25) is 0 Å². The largest absolute Gasteiger partial charge is 0.469 e. The van der Waals surface area contributed by atoms with Gasteiger partial charge < -0.3 is 9.47 Å². The molecule has 92 valence electrons. The lowest BCUT2D eigenvalue weighted by atomic mass is 10.1. The molecule has 0 amide bonds. The number of carbonyl (C=O) groups excluding carboxylic acids is 2. The fourth-order valence-corrected chi connectivity index (χ4v) is 2.47. The molecule has 0 aromatic heterocycles. The molecule has 3 atom stereocenters. The second kappa shape index (κ2) is 4.44. The Bertz CT molecular complexity index is 295. The van der Waals surface area contributed by atoms with Gasteiger partial charge >= 0.3 is 11.9 Å². The van der Waals surface area contributed by atoms with Gasteiger partial charge in [0.15, 0.2) is 0 Å². The van der Waals surface area contributed by atoms with Gasteiger partial charge in [-0.1, -0.05) is 13.8 Å². The molecule has 0 saturated heterocycles. The number of esters is 2. The molecule has 0 N–H and O–H groups in total. The van der Waals surface area contributed by atoms with Crippen molar-refractivity contribution in [1.82, 2.24) is 0 Å². The van der Waals surface area contributed by atoms with Crippen molar-refractivity contribution >= 4 is 11.9 Å². The highest BCUT2D eigenvalue weighted by Crippen LogP contribution is 2.60. The summed E-state index contributed by atoms with van der Waals surface area (Å²) in [6.07, 6.45) is 0.572. The second-order valence-electron chi connectivity index (χ2n) is 5.08. The second-order valence-corrected chi connectivity index (χ2v) is 5.08. The maximum atomic E-state index is 11.5. The number of rotatable bonds is 4. The fourth-order valence-electron chi connectivity index (χ4n) is 2.47. The molecule has 4 nitrogen and oxygen atoms in total. The standard InChI is InChI=1S/C12H20O4/c1-7(16-8(2)13)6-9-10(11(14)15-5)12(9,3)4/h7,9-10H,6H2,1-5H3. The van der Waals surface area contributed by atoms with E-state index in [1.54, 1.807) is 0 Å². The molecule has 0 aliphatic heterocycles. The van der Waals surface area contributed by atoms with E-state index in [2.05, 4.69) is 0 Å². The average Bonchev–Trinajstić information content (AvgIpc) is 2.65. The van der Waals surface area contributed by atoms with E-state index in [4.69, 9.17) is 9.47 Å². The highest BCUT2D eigenvalue weighted by atomic mass is 16.5. The Morgan fingerprint density at radius 2 is 1.94 bits per heavy atom. The van der Waals surface area contributed by atoms with Crippen molar-refractivity contribution in [3.8, 4) is 0 Å². The minimum atomic E-state index is -0.277. The van der Waals surface area contributed by atoms with Gasteiger partial charge in [-0.15, -0.1) is 0 Å². The Morgan fingerprint density at radius 3 is 2.38 bits per heavy atom. The van der Waals surface area contributed by atoms with Crippen LogP contribution < -0.4 is 0 Å². The first-order chi connectivity index (χ1) is 7.30. The van der Waals surface area contributed by atoms with Crippen molar-refractivity contribution in [2.75, 3.05) is 7.11 Å². The van der Waals surface area contributed by atoms with Gasteiger partial charge in [0.25, 0.3) is 0 Å². The van der Waals surface area contributed by atoms with E-state index in [-0.39, 0.29) is 35.3 Å². The predicted octanol–water partition coefficient (Wildman–Crippen LogP) is 1.77. The SMILES string of the molecule is COC(=O)C1C(CC(C)OC(C)=O)C1(C)C. The van der Waals surface area contributed by atoms with Crippen LogP contribution in [0, 0.1) is 17.3 Å². The van der Waals surface area contributed by atoms with Crippen LogP contribution in [0.1, 0.15) is 34.1 Å². The van der Waals surface area contributed by atoms with Crippen molar-refractivity contribution in [3.05, 3.63) is 0 Å². The zero-order valence-corrected chi connectivity index (χ0v) is 10.6. The van der Waals surface area contributed by atoms with E-state index in [9.17, 15) is 9.59 Å². The number of ether oxygens (including phenoxy) is 2. The Kier molecular flexibility index (Phi) is 3.61. The van der Waals surface area contributed by atoms with Crippen LogP contribution in [0.15, 0.2) is 0 Å². The smallest absolute Gasteiger partial charge is 0.309 e. The Balaban J connectivity index is 2.51. The molecule has 1 aliphatic carbocycles. The van der Waals surface area contributed by atoms with E-state index in [1.165, 1.54) is 14.0 Å². The predicted molar refractivity (Wildman–Crippen MR) is 58.6 cm³/mol. The van der Waals surface area contributed by atoms with E-state index < -0.39 is 0 Å². The molecule has 1 rings (SSSR count). The lowest BCUT2D eigenvalue weighted by Gasteiger charge is -2.11. The van der Waals surface area contributed by atoms with Gasteiger partial charge in [0.1, 0.15) is 0 Å². The van der Waals surface area contributed by atoms with Crippen molar-refractivity contribution in [2.24, 2.45) is 17.3 Å². The minimum absolute atomic E-state index is 0.0402. The molecular weight excluding hydrogens is 208 g/mol. The van der Waals surface area contributed by atoms with Crippen LogP contribution in [0.25, 0.3) is 0 Å². The Morgan fingerprint density at radius 1 is 1.38 bits per heavy atom. The summed E-state index contributed by atoms with van der Waals surface area (Å²) < 4.78 is 9.82. The third kappa shape index (κ3) is 2.54. The minimum Gasteiger partial charge on any atom is -0.469 e. The first kappa shape index (κ1) is 13.0. The lowest BCUT2D eigenvalue weighted by Crippen LogP contribution is -2.14. The van der Waals surface area contributed by atoms with Gasteiger partial charge in [-0.2, -0.15) is 0 Å². The summed E-state index contributed by atoms with van der Waals surface area (Å²) in [5, 5.41) is 0. The molecule has 0 bridgehead atoms. The molecule has 0 aromatic rings. The van der Waals surface area contributed by atoms with Crippen LogP contribution in [0.5, 0.6) is 0 Å². The van der Waals surface area contributed by atoms with Crippen LogP contribution >= 0.6 is 0 Å². The zero-order chi connectivity index (χ0) is 12.5. The van der Waals surface area contributed by atoms with Crippen LogP contribution in [-0.2, 0) is 19.1 Å². The van der Waals surface area contributed by atoms with E-state index in [1.807, 2.05) is 20.8 Å². The summed E-state index contributed by atoms with van der Waals surface area (Å²) in [6.45, 7) is 7.33. The summed E-state index contributed by atoms with van der Waals surface area (Å²) in [7, 11) is 1.41. The van der Waals surface area contributed by atoms with Crippen LogP contribution in [0.3, 0.4) is 0 Å². The van der Waals surface area contributed by atoms with Crippen molar-refractivity contribution in [2.45, 2.75) is 40.2 Å². The Labute approximate surface area is 96.3 Å². The molecule has 1 aliphatic rings. The molecule has 0 spiro atoms. The summed E-state index contributed by atoms with van der Waals surface area (Å²) >= 11 is 0. The number of hydrogen-bond donors (Lipinski definition) is 0.